The van der Waals surface area contributed by atoms with Gasteiger partial charge in [-0.1, -0.05) is 34.5 Å². The van der Waals surface area contributed by atoms with E-state index in [0.717, 1.165) is 42.4 Å². The molecule has 2 nitrogen and oxygen atoms in total. The predicted molar refractivity (Wildman–Crippen MR) is 102 cm³/mol. The molecule has 0 aromatic carbocycles. The summed E-state index contributed by atoms with van der Waals surface area (Å²) in [5.41, 5.74) is 1.28. The van der Waals surface area contributed by atoms with Crippen LogP contribution in [0.15, 0.2) is 11.6 Å². The van der Waals surface area contributed by atoms with Crippen LogP contribution >= 0.6 is 15.9 Å². The Kier molecular flexibility index (Phi) is 3.69. The Labute approximate surface area is 160 Å². The molecule has 0 radical (unpaired) electrons. The van der Waals surface area contributed by atoms with Crippen molar-refractivity contribution in [2.24, 2.45) is 46.8 Å². The number of hydrogen-bond acceptors (Lipinski definition) is 2. The van der Waals surface area contributed by atoms with Crippen LogP contribution in [-0.2, 0) is 4.79 Å². The van der Waals surface area contributed by atoms with Crippen LogP contribution in [0.5, 0.6) is 0 Å². The molecule has 3 heteroatoms. The first-order chi connectivity index (χ1) is 11.9. The van der Waals surface area contributed by atoms with Crippen molar-refractivity contribution in [3.8, 4) is 0 Å². The number of Topliss-reactive ketones (excluding diaryl/α,β-unsaturated/α-hetero) is 1. The van der Waals surface area contributed by atoms with Gasteiger partial charge in [0.2, 0.25) is 0 Å². The normalized spacial score (nSPS) is 56.2. The van der Waals surface area contributed by atoms with Crippen molar-refractivity contribution < 1.29 is 9.90 Å². The van der Waals surface area contributed by atoms with Crippen LogP contribution < -0.4 is 0 Å². The molecule has 0 aromatic heterocycles. The highest BCUT2D eigenvalue weighted by atomic mass is 79.9. The summed E-state index contributed by atoms with van der Waals surface area (Å²) in [5, 5.41) is 11.0. The van der Waals surface area contributed by atoms with Gasteiger partial charge in [0, 0.05) is 11.8 Å². The lowest BCUT2D eigenvalue weighted by molar-refractivity contribution is -0.130. The fourth-order valence-corrected chi connectivity index (χ4v) is 8.46. The number of allylic oxidation sites excluding steroid dienone is 2. The van der Waals surface area contributed by atoms with Crippen molar-refractivity contribution in [2.75, 3.05) is 5.33 Å². The van der Waals surface area contributed by atoms with Crippen molar-refractivity contribution >= 4 is 21.7 Å². The van der Waals surface area contributed by atoms with Crippen LogP contribution in [0.3, 0.4) is 0 Å². The molecule has 5 rings (SSSR count). The molecule has 9 atom stereocenters. The van der Waals surface area contributed by atoms with Crippen molar-refractivity contribution in [3.63, 3.8) is 0 Å². The van der Waals surface area contributed by atoms with Crippen LogP contribution in [0.2, 0.25) is 0 Å². The van der Waals surface area contributed by atoms with Gasteiger partial charge < -0.3 is 5.11 Å². The minimum atomic E-state index is -0.427. The van der Waals surface area contributed by atoms with Gasteiger partial charge in [0.25, 0.3) is 0 Å². The van der Waals surface area contributed by atoms with Crippen molar-refractivity contribution in [1.82, 2.24) is 0 Å². The Balaban J connectivity index is 1.42. The largest absolute Gasteiger partial charge is 0.390 e. The molecule has 0 unspecified atom stereocenters. The molecule has 5 aliphatic carbocycles. The fraction of sp³-hybridized carbons (Fsp3) is 0.864. The maximum absolute atomic E-state index is 12.7. The molecule has 4 fully saturated rings. The average molecular weight is 407 g/mol. The van der Waals surface area contributed by atoms with Gasteiger partial charge in [0.15, 0.2) is 5.78 Å². The highest BCUT2D eigenvalue weighted by Crippen LogP contribution is 2.71. The molecular formula is C22H31BrO2. The summed E-state index contributed by atoms with van der Waals surface area (Å²) < 4.78 is 0. The number of rotatable bonds is 2. The number of aliphatic hydroxyl groups is 1. The lowest BCUT2D eigenvalue weighted by Gasteiger charge is -2.57. The average Bonchev–Trinajstić information content (AvgIpc) is 3.27. The Hall–Kier alpha value is -0.150. The molecule has 0 amide bonds. The van der Waals surface area contributed by atoms with E-state index >= 15 is 0 Å². The van der Waals surface area contributed by atoms with E-state index in [0.29, 0.717) is 17.0 Å². The first-order valence-corrected chi connectivity index (χ1v) is 11.5. The molecule has 0 heterocycles. The SMILES string of the molecule is C[C@@]1(O)CC[C@H]2[C@H](CC[C@@H]3[C@@H]2CC[C@]2(C)[C@@H](C(=O)CBr)C4=C[C@H]4[C@@H]32)C1. The third-order valence-corrected chi connectivity index (χ3v) is 9.57. The van der Waals surface area contributed by atoms with Gasteiger partial charge in [-0.3, -0.25) is 4.79 Å². The van der Waals surface area contributed by atoms with E-state index in [2.05, 4.69) is 28.9 Å². The standard InChI is InChI=1S/C22H31BrO2/c1-21(25)7-5-13-12(10-21)3-4-15-14(13)6-8-22(2)19(15)16-9-17(16)20(22)18(24)11-23/h9,12-16,19-20,25H,3-8,10-11H2,1-2H3/t12-,13+,14-,15-,16-,19-,20-,21-,22+/m1/s1. The molecule has 0 aromatic rings. The molecule has 5 aliphatic rings. The third kappa shape index (κ3) is 2.33. The monoisotopic (exact) mass is 406 g/mol. The van der Waals surface area contributed by atoms with E-state index in [1.165, 1.54) is 37.7 Å². The summed E-state index contributed by atoms with van der Waals surface area (Å²) in [4.78, 5) is 12.7. The zero-order chi connectivity index (χ0) is 17.6. The Morgan fingerprint density at radius 3 is 2.68 bits per heavy atom. The second kappa shape index (κ2) is 5.44. The van der Waals surface area contributed by atoms with E-state index in [1.807, 2.05) is 6.92 Å². The number of ketones is 1. The fourth-order valence-electron chi connectivity index (χ4n) is 8.14. The second-order valence-corrected chi connectivity index (χ2v) is 10.9. The summed E-state index contributed by atoms with van der Waals surface area (Å²) >= 11 is 3.44. The van der Waals surface area contributed by atoms with Crippen molar-refractivity contribution in [3.05, 3.63) is 11.6 Å². The number of carbonyl (C=O) groups is 1. The van der Waals surface area contributed by atoms with E-state index in [4.69, 9.17) is 0 Å². The Bertz CT molecular complexity index is 638. The number of hydrogen-bond donors (Lipinski definition) is 1. The van der Waals surface area contributed by atoms with E-state index < -0.39 is 5.60 Å². The number of alkyl halides is 1. The van der Waals surface area contributed by atoms with Crippen LogP contribution in [-0.4, -0.2) is 21.8 Å². The van der Waals surface area contributed by atoms with Crippen LogP contribution in [0.1, 0.15) is 58.8 Å². The second-order valence-electron chi connectivity index (χ2n) is 10.4. The minimum Gasteiger partial charge on any atom is -0.390 e. The molecule has 0 spiro atoms. The topological polar surface area (TPSA) is 37.3 Å². The molecule has 25 heavy (non-hydrogen) atoms. The highest BCUT2D eigenvalue weighted by molar-refractivity contribution is 9.09. The lowest BCUT2D eigenvalue weighted by atomic mass is 9.48. The zero-order valence-corrected chi connectivity index (χ0v) is 17.1. The summed E-state index contributed by atoms with van der Waals surface area (Å²) in [7, 11) is 0. The third-order valence-electron chi connectivity index (χ3n) is 9.01. The molecule has 4 saturated carbocycles. The van der Waals surface area contributed by atoms with Gasteiger partial charge in [0.05, 0.1) is 10.9 Å². The quantitative estimate of drug-likeness (QED) is 0.530. The van der Waals surface area contributed by atoms with Gasteiger partial charge in [-0.2, -0.15) is 0 Å². The summed E-state index contributed by atoms with van der Waals surface area (Å²) in [6, 6.07) is 0. The maximum Gasteiger partial charge on any atom is 0.151 e. The molecule has 0 aliphatic heterocycles. The first kappa shape index (κ1) is 17.0. The van der Waals surface area contributed by atoms with E-state index in [1.54, 1.807) is 0 Å². The Morgan fingerprint density at radius 2 is 1.92 bits per heavy atom. The maximum atomic E-state index is 12.7. The van der Waals surface area contributed by atoms with Crippen molar-refractivity contribution in [2.45, 2.75) is 64.4 Å². The molecule has 0 bridgehead atoms. The number of fused-ring (bicyclic) bond motifs is 7. The van der Waals surface area contributed by atoms with Gasteiger partial charge in [0.1, 0.15) is 0 Å². The van der Waals surface area contributed by atoms with Gasteiger partial charge in [-0.15, -0.1) is 0 Å². The predicted octanol–water partition coefficient (Wildman–Crippen LogP) is 4.75. The first-order valence-electron chi connectivity index (χ1n) is 10.4. The number of halogens is 1. The van der Waals surface area contributed by atoms with E-state index in [-0.39, 0.29) is 11.3 Å². The summed E-state index contributed by atoms with van der Waals surface area (Å²) in [5.74, 6) is 5.22. The molecular weight excluding hydrogens is 376 g/mol. The molecule has 0 saturated heterocycles. The molecule has 138 valence electrons. The van der Waals surface area contributed by atoms with Gasteiger partial charge >= 0.3 is 0 Å². The van der Waals surface area contributed by atoms with Crippen molar-refractivity contribution in [1.29, 1.82) is 0 Å². The van der Waals surface area contributed by atoms with Crippen LogP contribution in [0, 0.1) is 46.8 Å². The van der Waals surface area contributed by atoms with Crippen LogP contribution in [0.4, 0.5) is 0 Å². The Morgan fingerprint density at radius 1 is 1.16 bits per heavy atom. The zero-order valence-electron chi connectivity index (χ0n) is 15.5. The summed E-state index contributed by atoms with van der Waals surface area (Å²) in [6.45, 7) is 4.48. The van der Waals surface area contributed by atoms with E-state index in [9.17, 15) is 9.90 Å². The lowest BCUT2D eigenvalue weighted by Crippen LogP contribution is -2.52. The minimum absolute atomic E-state index is 0.202. The smallest absolute Gasteiger partial charge is 0.151 e. The number of carbonyl (C=O) groups excluding carboxylic acids is 1. The van der Waals surface area contributed by atoms with Gasteiger partial charge in [-0.05, 0) is 86.9 Å². The van der Waals surface area contributed by atoms with Gasteiger partial charge in [-0.25, -0.2) is 0 Å². The summed E-state index contributed by atoms with van der Waals surface area (Å²) in [6.07, 6.45) is 10.8. The molecule has 1 N–H and O–H groups in total. The highest BCUT2D eigenvalue weighted by Gasteiger charge is 2.66. The van der Waals surface area contributed by atoms with Crippen LogP contribution in [0.25, 0.3) is 0 Å².